The first-order chi connectivity index (χ1) is 9.20. The first-order valence-corrected chi connectivity index (χ1v) is 6.50. The number of hydrogen-bond acceptors (Lipinski definition) is 4. The Hall–Kier alpha value is -1.72. The predicted molar refractivity (Wildman–Crippen MR) is 75.1 cm³/mol. The first-order valence-electron chi connectivity index (χ1n) is 6.12. The van der Waals surface area contributed by atoms with Crippen LogP contribution in [0.1, 0.15) is 19.0 Å². The van der Waals surface area contributed by atoms with Crippen molar-refractivity contribution in [2.45, 2.75) is 19.9 Å². The fourth-order valence-corrected chi connectivity index (χ4v) is 1.87. The van der Waals surface area contributed by atoms with Gasteiger partial charge in [0.05, 0.1) is 10.7 Å². The molecule has 0 amide bonds. The van der Waals surface area contributed by atoms with E-state index in [1.807, 2.05) is 0 Å². The summed E-state index contributed by atoms with van der Waals surface area (Å²) < 4.78 is 0. The van der Waals surface area contributed by atoms with Gasteiger partial charge in [0, 0.05) is 18.8 Å². The molecule has 0 aliphatic rings. The van der Waals surface area contributed by atoms with Crippen molar-refractivity contribution >= 4 is 11.6 Å². The highest BCUT2D eigenvalue weighted by atomic mass is 35.5. The van der Waals surface area contributed by atoms with Crippen LogP contribution >= 0.6 is 11.6 Å². The smallest absolute Gasteiger partial charge is 0.251 e. The number of rotatable bonds is 5. The van der Waals surface area contributed by atoms with Crippen molar-refractivity contribution in [3.63, 3.8) is 0 Å². The van der Waals surface area contributed by atoms with Crippen LogP contribution in [0.3, 0.4) is 0 Å². The normalized spacial score (nSPS) is 10.6. The van der Waals surface area contributed by atoms with Gasteiger partial charge in [-0.05, 0) is 25.1 Å². The van der Waals surface area contributed by atoms with Crippen LogP contribution in [0.2, 0.25) is 5.02 Å². The topological polar surface area (TPSA) is 70.7 Å². The fourth-order valence-electron chi connectivity index (χ4n) is 1.66. The Balaban J connectivity index is 2.31. The Bertz CT molecular complexity index is 612. The second-order valence-corrected chi connectivity index (χ2v) is 4.50. The maximum absolute atomic E-state index is 11.6. The van der Waals surface area contributed by atoms with Gasteiger partial charge < -0.3 is 10.3 Å². The van der Waals surface area contributed by atoms with E-state index in [9.17, 15) is 4.79 Å². The first kappa shape index (κ1) is 13.7. The van der Waals surface area contributed by atoms with E-state index in [0.29, 0.717) is 28.8 Å². The van der Waals surface area contributed by atoms with Crippen LogP contribution in [0.25, 0.3) is 11.5 Å². The van der Waals surface area contributed by atoms with Crippen molar-refractivity contribution < 1.29 is 0 Å². The summed E-state index contributed by atoms with van der Waals surface area (Å²) in [7, 11) is 0. The Morgan fingerprint density at radius 3 is 3.05 bits per heavy atom. The molecule has 0 aromatic carbocycles. The van der Waals surface area contributed by atoms with Crippen LogP contribution in [0.5, 0.6) is 0 Å². The number of halogens is 1. The summed E-state index contributed by atoms with van der Waals surface area (Å²) in [5, 5.41) is 3.67. The van der Waals surface area contributed by atoms with E-state index in [-0.39, 0.29) is 5.56 Å². The second kappa shape index (κ2) is 6.45. The third-order valence-corrected chi connectivity index (χ3v) is 2.82. The molecule has 0 fully saturated rings. The highest BCUT2D eigenvalue weighted by Crippen LogP contribution is 2.20. The lowest BCUT2D eigenvalue weighted by atomic mass is 10.3. The summed E-state index contributed by atoms with van der Waals surface area (Å²) in [6, 6.07) is 4.92. The molecule has 6 heteroatoms. The molecule has 0 atom stereocenters. The molecule has 0 radical (unpaired) electrons. The summed E-state index contributed by atoms with van der Waals surface area (Å²) in [6.45, 7) is 3.51. The lowest BCUT2D eigenvalue weighted by molar-refractivity contribution is 0.662. The zero-order valence-corrected chi connectivity index (χ0v) is 11.4. The van der Waals surface area contributed by atoms with Crippen LogP contribution in [0, 0.1) is 0 Å². The monoisotopic (exact) mass is 278 g/mol. The maximum atomic E-state index is 11.6. The number of H-pyrrole nitrogens is 1. The molecule has 5 nitrogen and oxygen atoms in total. The summed E-state index contributed by atoms with van der Waals surface area (Å²) in [4.78, 5) is 22.8. The predicted octanol–water partition coefficient (Wildman–Crippen LogP) is 1.98. The number of aromatic amines is 1. The van der Waals surface area contributed by atoms with Crippen LogP contribution in [0.4, 0.5) is 0 Å². The highest BCUT2D eigenvalue weighted by Gasteiger charge is 2.08. The number of hydrogen-bond donors (Lipinski definition) is 2. The number of aromatic nitrogens is 3. The van der Waals surface area contributed by atoms with Crippen molar-refractivity contribution in [2.75, 3.05) is 6.54 Å². The molecule has 2 N–H and O–H groups in total. The standard InChI is InChI=1S/C13H15ClN4O/c1-2-5-15-8-9-7-11(19)18-13(17-9)12-10(14)4-3-6-16-12/h3-4,6-7,15H,2,5,8H2,1H3,(H,17,18,19). The van der Waals surface area contributed by atoms with Crippen molar-refractivity contribution in [1.29, 1.82) is 0 Å². The third kappa shape index (κ3) is 3.62. The van der Waals surface area contributed by atoms with Crippen molar-refractivity contribution in [2.24, 2.45) is 0 Å². The summed E-state index contributed by atoms with van der Waals surface area (Å²) in [5.41, 5.74) is 0.951. The number of nitrogens with one attached hydrogen (secondary N) is 2. The van der Waals surface area contributed by atoms with E-state index in [4.69, 9.17) is 11.6 Å². The van der Waals surface area contributed by atoms with Crippen LogP contribution < -0.4 is 10.9 Å². The Morgan fingerprint density at radius 1 is 1.47 bits per heavy atom. The molecule has 19 heavy (non-hydrogen) atoms. The lowest BCUT2D eigenvalue weighted by Crippen LogP contribution is -2.18. The third-order valence-electron chi connectivity index (χ3n) is 2.51. The molecule has 0 saturated heterocycles. The van der Waals surface area contributed by atoms with Gasteiger partial charge in [0.15, 0.2) is 5.82 Å². The van der Waals surface area contributed by atoms with Gasteiger partial charge in [-0.1, -0.05) is 18.5 Å². The van der Waals surface area contributed by atoms with Crippen molar-refractivity contribution in [1.82, 2.24) is 20.3 Å². The molecule has 0 spiro atoms. The molecule has 0 saturated carbocycles. The van der Waals surface area contributed by atoms with Crippen LogP contribution in [0.15, 0.2) is 29.2 Å². The van der Waals surface area contributed by atoms with Gasteiger partial charge >= 0.3 is 0 Å². The number of nitrogens with zero attached hydrogens (tertiary/aromatic N) is 2. The Morgan fingerprint density at radius 2 is 2.32 bits per heavy atom. The van der Waals surface area contributed by atoms with E-state index >= 15 is 0 Å². The highest BCUT2D eigenvalue weighted by molar-refractivity contribution is 6.32. The largest absolute Gasteiger partial charge is 0.311 e. The van der Waals surface area contributed by atoms with Gasteiger partial charge in [-0.2, -0.15) is 0 Å². The molecule has 2 heterocycles. The minimum atomic E-state index is -0.208. The van der Waals surface area contributed by atoms with Crippen molar-refractivity contribution in [3.05, 3.63) is 45.5 Å². The van der Waals surface area contributed by atoms with E-state index in [1.54, 1.807) is 18.3 Å². The van der Waals surface area contributed by atoms with Gasteiger partial charge in [-0.25, -0.2) is 4.98 Å². The molecule has 2 rings (SSSR count). The average molecular weight is 279 g/mol. The Labute approximate surface area is 116 Å². The van der Waals surface area contributed by atoms with Gasteiger partial charge in [0.25, 0.3) is 5.56 Å². The SMILES string of the molecule is CCCNCc1cc(=O)[nH]c(-c2ncccc2Cl)n1. The minimum absolute atomic E-state index is 0.208. The zero-order valence-electron chi connectivity index (χ0n) is 10.6. The molecule has 0 aliphatic heterocycles. The molecular weight excluding hydrogens is 264 g/mol. The van der Waals surface area contributed by atoms with Gasteiger partial charge in [0.1, 0.15) is 5.69 Å². The maximum Gasteiger partial charge on any atom is 0.251 e. The van der Waals surface area contributed by atoms with Gasteiger partial charge in [-0.3, -0.25) is 9.78 Å². The lowest BCUT2D eigenvalue weighted by Gasteiger charge is -2.06. The summed E-state index contributed by atoms with van der Waals surface area (Å²) >= 11 is 6.05. The summed E-state index contributed by atoms with van der Waals surface area (Å²) in [5.74, 6) is 0.395. The zero-order chi connectivity index (χ0) is 13.7. The summed E-state index contributed by atoms with van der Waals surface area (Å²) in [6.07, 6.45) is 2.64. The average Bonchev–Trinajstić information content (AvgIpc) is 2.39. The molecule has 0 aliphatic carbocycles. The van der Waals surface area contributed by atoms with E-state index in [2.05, 4.69) is 27.2 Å². The molecular formula is C13H15ClN4O. The quantitative estimate of drug-likeness (QED) is 0.821. The van der Waals surface area contributed by atoms with Gasteiger partial charge in [0.2, 0.25) is 0 Å². The van der Waals surface area contributed by atoms with Crippen LogP contribution in [-0.2, 0) is 6.54 Å². The molecule has 0 unspecified atom stereocenters. The second-order valence-electron chi connectivity index (χ2n) is 4.10. The van der Waals surface area contributed by atoms with Crippen LogP contribution in [-0.4, -0.2) is 21.5 Å². The Kier molecular flexibility index (Phi) is 4.65. The van der Waals surface area contributed by atoms with E-state index in [0.717, 1.165) is 13.0 Å². The van der Waals surface area contributed by atoms with Crippen molar-refractivity contribution in [3.8, 4) is 11.5 Å². The molecule has 2 aromatic heterocycles. The molecule has 0 bridgehead atoms. The van der Waals surface area contributed by atoms with E-state index < -0.39 is 0 Å². The number of pyridine rings is 1. The molecule has 2 aromatic rings. The fraction of sp³-hybridized carbons (Fsp3) is 0.308. The molecule has 100 valence electrons. The van der Waals surface area contributed by atoms with E-state index in [1.165, 1.54) is 6.07 Å². The minimum Gasteiger partial charge on any atom is -0.311 e. The van der Waals surface area contributed by atoms with Gasteiger partial charge in [-0.15, -0.1) is 0 Å².